The number of imidazole rings is 1. The number of esters is 1. The van der Waals surface area contributed by atoms with Crippen LogP contribution in [0.1, 0.15) is 26.3 Å². The van der Waals surface area contributed by atoms with E-state index in [0.29, 0.717) is 11.1 Å². The molecular weight excluding hydrogens is 382 g/mol. The lowest BCUT2D eigenvalue weighted by Gasteiger charge is -2.21. The van der Waals surface area contributed by atoms with E-state index in [-0.39, 0.29) is 10.6 Å². The van der Waals surface area contributed by atoms with Crippen molar-refractivity contribution in [3.63, 3.8) is 0 Å². The normalized spacial score (nSPS) is 16.5. The van der Waals surface area contributed by atoms with E-state index >= 15 is 0 Å². The second-order valence-corrected chi connectivity index (χ2v) is 8.50. The second kappa shape index (κ2) is 6.97. The Labute approximate surface area is 165 Å². The molecule has 2 aromatic rings. The molecule has 3 rings (SSSR count). The fourth-order valence-electron chi connectivity index (χ4n) is 2.90. The SMILES string of the molecule is Cn1c(=O)n(C)c2cc(/C=C3\SC(=O)N(CC(=O)OC(C)(C)C)C3=O)ccc21. The van der Waals surface area contributed by atoms with Gasteiger partial charge in [-0.3, -0.25) is 28.4 Å². The van der Waals surface area contributed by atoms with Crippen molar-refractivity contribution in [2.75, 3.05) is 6.54 Å². The van der Waals surface area contributed by atoms with E-state index < -0.39 is 29.3 Å². The smallest absolute Gasteiger partial charge is 0.328 e. The molecule has 0 N–H and O–H groups in total. The van der Waals surface area contributed by atoms with Gasteiger partial charge in [0.25, 0.3) is 11.1 Å². The van der Waals surface area contributed by atoms with Crippen LogP contribution in [0.25, 0.3) is 17.1 Å². The van der Waals surface area contributed by atoms with E-state index in [1.54, 1.807) is 59.1 Å². The Bertz CT molecular complexity index is 1090. The molecule has 8 nitrogen and oxygen atoms in total. The standard InChI is InChI=1S/C19H21N3O5S/c1-19(2,3)27-15(23)10-22-16(24)14(28-18(22)26)9-11-6-7-12-13(8-11)21(5)17(25)20(12)4/h6-9H,10H2,1-5H3/b14-9-. The van der Waals surface area contributed by atoms with E-state index in [4.69, 9.17) is 4.74 Å². The lowest BCUT2D eigenvalue weighted by molar-refractivity contribution is -0.156. The number of hydrogen-bond acceptors (Lipinski definition) is 6. The van der Waals surface area contributed by atoms with Crippen LogP contribution >= 0.6 is 11.8 Å². The highest BCUT2D eigenvalue weighted by atomic mass is 32.2. The molecule has 148 valence electrons. The minimum Gasteiger partial charge on any atom is -0.459 e. The van der Waals surface area contributed by atoms with E-state index in [9.17, 15) is 19.2 Å². The van der Waals surface area contributed by atoms with Crippen LogP contribution in [0.2, 0.25) is 0 Å². The number of fused-ring (bicyclic) bond motifs is 1. The van der Waals surface area contributed by atoms with Crippen molar-refractivity contribution in [3.8, 4) is 0 Å². The molecule has 2 amide bonds. The van der Waals surface area contributed by atoms with Crippen LogP contribution < -0.4 is 5.69 Å². The summed E-state index contributed by atoms with van der Waals surface area (Å²) in [5.74, 6) is -1.18. The van der Waals surface area contributed by atoms with Gasteiger partial charge in [-0.25, -0.2) is 4.79 Å². The lowest BCUT2D eigenvalue weighted by Crippen LogP contribution is -2.37. The molecule has 0 atom stereocenters. The van der Waals surface area contributed by atoms with Gasteiger partial charge in [0.1, 0.15) is 12.1 Å². The highest BCUT2D eigenvalue weighted by Gasteiger charge is 2.37. The first kappa shape index (κ1) is 19.9. The lowest BCUT2D eigenvalue weighted by atomic mass is 10.2. The number of carbonyl (C=O) groups is 3. The predicted molar refractivity (Wildman–Crippen MR) is 107 cm³/mol. The summed E-state index contributed by atoms with van der Waals surface area (Å²) in [5.41, 5.74) is 1.31. The van der Waals surface area contributed by atoms with Gasteiger partial charge in [-0.1, -0.05) is 6.07 Å². The van der Waals surface area contributed by atoms with E-state index in [1.165, 1.54) is 9.13 Å². The van der Waals surface area contributed by atoms with Crippen molar-refractivity contribution in [2.45, 2.75) is 26.4 Å². The van der Waals surface area contributed by atoms with Gasteiger partial charge >= 0.3 is 11.7 Å². The number of carbonyl (C=O) groups excluding carboxylic acids is 3. The monoisotopic (exact) mass is 403 g/mol. The number of ether oxygens (including phenoxy) is 1. The van der Waals surface area contributed by atoms with Crippen molar-refractivity contribution >= 4 is 46.0 Å². The Balaban J connectivity index is 1.85. The first-order valence-electron chi connectivity index (χ1n) is 8.60. The molecule has 1 fully saturated rings. The van der Waals surface area contributed by atoms with Crippen LogP contribution in [0.3, 0.4) is 0 Å². The molecule has 0 aliphatic carbocycles. The Hall–Kier alpha value is -2.81. The predicted octanol–water partition coefficient (Wildman–Crippen LogP) is 2.25. The third-order valence-corrected chi connectivity index (χ3v) is 5.08. The highest BCUT2D eigenvalue weighted by Crippen LogP contribution is 2.32. The van der Waals surface area contributed by atoms with Gasteiger partial charge in [0.05, 0.1) is 15.9 Å². The number of aryl methyl sites for hydroxylation is 2. The molecule has 0 unspecified atom stereocenters. The van der Waals surface area contributed by atoms with E-state index in [2.05, 4.69) is 0 Å². The highest BCUT2D eigenvalue weighted by molar-refractivity contribution is 8.18. The van der Waals surface area contributed by atoms with Crippen LogP contribution in [0.5, 0.6) is 0 Å². The zero-order chi connectivity index (χ0) is 20.8. The summed E-state index contributed by atoms with van der Waals surface area (Å²) in [6.45, 7) is 4.72. The summed E-state index contributed by atoms with van der Waals surface area (Å²) in [7, 11) is 3.36. The molecule has 1 saturated heterocycles. The van der Waals surface area contributed by atoms with Gasteiger partial charge in [0.2, 0.25) is 0 Å². The van der Waals surface area contributed by atoms with Crippen molar-refractivity contribution in [2.24, 2.45) is 14.1 Å². The Morgan fingerprint density at radius 2 is 1.75 bits per heavy atom. The summed E-state index contributed by atoms with van der Waals surface area (Å²) in [6.07, 6.45) is 1.58. The van der Waals surface area contributed by atoms with E-state index in [1.807, 2.05) is 0 Å². The van der Waals surface area contributed by atoms with Crippen molar-refractivity contribution in [1.82, 2.24) is 14.0 Å². The van der Waals surface area contributed by atoms with Gasteiger partial charge in [-0.2, -0.15) is 0 Å². The van der Waals surface area contributed by atoms with Crippen LogP contribution in [-0.4, -0.2) is 43.3 Å². The molecule has 9 heteroatoms. The van der Waals surface area contributed by atoms with Gasteiger partial charge in [0, 0.05) is 14.1 Å². The number of hydrogen-bond donors (Lipinski definition) is 0. The van der Waals surface area contributed by atoms with E-state index in [0.717, 1.165) is 22.2 Å². The van der Waals surface area contributed by atoms with Gasteiger partial charge in [-0.05, 0) is 56.3 Å². The molecule has 1 aliphatic heterocycles. The number of imide groups is 1. The third-order valence-electron chi connectivity index (χ3n) is 4.17. The Morgan fingerprint density at radius 3 is 2.39 bits per heavy atom. The Morgan fingerprint density at radius 1 is 1.11 bits per heavy atom. The maximum Gasteiger partial charge on any atom is 0.328 e. The first-order chi connectivity index (χ1) is 13.0. The number of aromatic nitrogens is 2. The molecule has 0 spiro atoms. The minimum atomic E-state index is -0.699. The summed E-state index contributed by atoms with van der Waals surface area (Å²) >= 11 is 0.772. The number of rotatable bonds is 3. The fourth-order valence-corrected chi connectivity index (χ4v) is 3.74. The summed E-state index contributed by atoms with van der Waals surface area (Å²) in [6, 6.07) is 5.33. The number of thioether (sulfide) groups is 1. The quantitative estimate of drug-likeness (QED) is 0.577. The second-order valence-electron chi connectivity index (χ2n) is 7.50. The average Bonchev–Trinajstić information content (AvgIpc) is 2.96. The summed E-state index contributed by atoms with van der Waals surface area (Å²) in [4.78, 5) is 49.8. The zero-order valence-electron chi connectivity index (χ0n) is 16.3. The minimum absolute atomic E-state index is 0.148. The van der Waals surface area contributed by atoms with Crippen molar-refractivity contribution in [3.05, 3.63) is 39.2 Å². The topological polar surface area (TPSA) is 90.6 Å². The van der Waals surface area contributed by atoms with Gasteiger partial charge in [0.15, 0.2) is 0 Å². The molecule has 28 heavy (non-hydrogen) atoms. The third kappa shape index (κ3) is 3.75. The van der Waals surface area contributed by atoms with Crippen LogP contribution in [0.4, 0.5) is 4.79 Å². The molecule has 0 bridgehead atoms. The van der Waals surface area contributed by atoms with Crippen LogP contribution in [0.15, 0.2) is 27.9 Å². The van der Waals surface area contributed by atoms with Gasteiger partial charge in [-0.15, -0.1) is 0 Å². The van der Waals surface area contributed by atoms with Crippen molar-refractivity contribution in [1.29, 1.82) is 0 Å². The maximum atomic E-state index is 12.6. The largest absolute Gasteiger partial charge is 0.459 e. The molecule has 1 aromatic heterocycles. The van der Waals surface area contributed by atoms with Crippen LogP contribution in [-0.2, 0) is 28.4 Å². The number of amides is 2. The van der Waals surface area contributed by atoms with Crippen LogP contribution in [0, 0.1) is 0 Å². The molecule has 1 aliphatic rings. The van der Waals surface area contributed by atoms with Crippen molar-refractivity contribution < 1.29 is 19.1 Å². The number of benzene rings is 1. The maximum absolute atomic E-state index is 12.6. The number of nitrogens with zero attached hydrogens (tertiary/aromatic N) is 3. The molecular formula is C19H21N3O5S. The Kier molecular flexibility index (Phi) is 4.97. The first-order valence-corrected chi connectivity index (χ1v) is 9.42. The van der Waals surface area contributed by atoms with Gasteiger partial charge < -0.3 is 4.74 Å². The molecule has 1 aromatic carbocycles. The zero-order valence-corrected chi connectivity index (χ0v) is 17.1. The fraction of sp³-hybridized carbons (Fsp3) is 0.368. The average molecular weight is 403 g/mol. The molecule has 0 radical (unpaired) electrons. The summed E-state index contributed by atoms with van der Waals surface area (Å²) < 4.78 is 8.23. The molecule has 0 saturated carbocycles. The molecule has 2 heterocycles. The summed E-state index contributed by atoms with van der Waals surface area (Å²) in [5, 5.41) is -0.518.